The summed E-state index contributed by atoms with van der Waals surface area (Å²) in [7, 11) is 0. The van der Waals surface area contributed by atoms with Crippen LogP contribution in [0.1, 0.15) is 34.6 Å². The number of hydrogen-bond acceptors (Lipinski definition) is 2. The van der Waals surface area contributed by atoms with Crippen LogP contribution in [0.5, 0.6) is 0 Å². The predicted octanol–water partition coefficient (Wildman–Crippen LogP) is 3.13. The maximum atomic E-state index is 8.56. The molecular weight excluding hydrogens is 192 g/mol. The minimum absolute atomic E-state index is 0.833. The fourth-order valence-corrected chi connectivity index (χ4v) is 0. The summed E-state index contributed by atoms with van der Waals surface area (Å²) in [5.74, 6) is 0.833. The molecule has 6 heteroatoms. The van der Waals surface area contributed by atoms with Crippen molar-refractivity contribution in [2.45, 2.75) is 34.6 Å². The van der Waals surface area contributed by atoms with E-state index in [1.165, 1.54) is 0 Å². The van der Waals surface area contributed by atoms with Crippen LogP contribution in [0, 0.1) is 5.92 Å². The van der Waals surface area contributed by atoms with Gasteiger partial charge in [-0.25, -0.2) is 9.59 Å². The van der Waals surface area contributed by atoms with Gasteiger partial charge in [-0.1, -0.05) is 34.6 Å². The third-order valence-electron chi connectivity index (χ3n) is 0. The molecule has 0 fully saturated rings. The van der Waals surface area contributed by atoms with Gasteiger partial charge in [0.15, 0.2) is 0 Å². The normalized spacial score (nSPS) is 6.43. The molecule has 0 rings (SSSR count). The largest absolute Gasteiger partial charge is 0.503 e. The van der Waals surface area contributed by atoms with Crippen molar-refractivity contribution >= 4 is 12.3 Å². The second-order valence-corrected chi connectivity index (χ2v) is 2.30. The molecule has 0 aliphatic rings. The second kappa shape index (κ2) is 22.5. The van der Waals surface area contributed by atoms with E-state index in [0.717, 1.165) is 5.92 Å². The van der Waals surface area contributed by atoms with E-state index in [4.69, 9.17) is 30.0 Å². The Morgan fingerprint density at radius 2 is 0.786 bits per heavy atom. The minimum atomic E-state index is -1.83. The van der Waals surface area contributed by atoms with E-state index in [2.05, 4.69) is 20.8 Å². The molecule has 0 saturated carbocycles. The lowest BCUT2D eigenvalue weighted by Crippen LogP contribution is -1.81. The lowest BCUT2D eigenvalue weighted by molar-refractivity contribution is 0.135. The van der Waals surface area contributed by atoms with Gasteiger partial charge in [0, 0.05) is 0 Å². The lowest BCUT2D eigenvalue weighted by atomic mass is 10.3. The van der Waals surface area contributed by atoms with E-state index in [1.807, 2.05) is 13.8 Å². The zero-order valence-electron chi connectivity index (χ0n) is 9.18. The van der Waals surface area contributed by atoms with E-state index in [9.17, 15) is 0 Å². The quantitative estimate of drug-likeness (QED) is 0.490. The molecule has 0 spiro atoms. The van der Waals surface area contributed by atoms with Crippen molar-refractivity contribution in [3.05, 3.63) is 0 Å². The molecule has 6 nitrogen and oxygen atoms in total. The van der Waals surface area contributed by atoms with Crippen LogP contribution in [0.25, 0.3) is 0 Å². The molecule has 0 atom stereocenters. The SMILES string of the molecule is CC.CC(C)C.O=C(O)O.O=C(O)O. The van der Waals surface area contributed by atoms with E-state index < -0.39 is 12.3 Å². The molecule has 0 amide bonds. The van der Waals surface area contributed by atoms with Crippen molar-refractivity contribution in [2.75, 3.05) is 0 Å². The van der Waals surface area contributed by atoms with Gasteiger partial charge < -0.3 is 20.4 Å². The van der Waals surface area contributed by atoms with Gasteiger partial charge in [0.2, 0.25) is 0 Å². The van der Waals surface area contributed by atoms with Crippen LogP contribution >= 0.6 is 0 Å². The number of carbonyl (C=O) groups is 2. The standard InChI is InChI=1S/C4H10.C2H6.2CH2O3/c1-4(2)3;1-2;2*2-1(3)4/h4H,1-3H3;1-2H3;2*(H2,2,3,4). The van der Waals surface area contributed by atoms with Crippen molar-refractivity contribution in [1.29, 1.82) is 0 Å². The topological polar surface area (TPSA) is 115 Å². The smallest absolute Gasteiger partial charge is 0.450 e. The summed E-state index contributed by atoms with van der Waals surface area (Å²) in [6.45, 7) is 10.5. The average Bonchev–Trinajstić information content (AvgIpc) is 1.86. The third-order valence-corrected chi connectivity index (χ3v) is 0. The third kappa shape index (κ3) is 450. The van der Waals surface area contributed by atoms with Crippen molar-refractivity contribution in [2.24, 2.45) is 5.92 Å². The first-order valence-corrected chi connectivity index (χ1v) is 4.03. The molecule has 88 valence electrons. The molecule has 0 aromatic rings. The Balaban J connectivity index is -0.0000000492. The van der Waals surface area contributed by atoms with Crippen LogP contribution in [0.15, 0.2) is 0 Å². The maximum absolute atomic E-state index is 8.56. The molecule has 0 bridgehead atoms. The van der Waals surface area contributed by atoms with Crippen LogP contribution in [0.3, 0.4) is 0 Å². The Hall–Kier alpha value is -1.46. The zero-order chi connectivity index (χ0) is 12.7. The lowest BCUT2D eigenvalue weighted by Gasteiger charge is -1.79. The Kier molecular flexibility index (Phi) is 36.9. The molecule has 0 aromatic carbocycles. The predicted molar refractivity (Wildman–Crippen MR) is 53.2 cm³/mol. The summed E-state index contributed by atoms with van der Waals surface area (Å²) in [6, 6.07) is 0. The van der Waals surface area contributed by atoms with Gasteiger partial charge >= 0.3 is 12.3 Å². The fourth-order valence-electron chi connectivity index (χ4n) is 0. The minimum Gasteiger partial charge on any atom is -0.450 e. The zero-order valence-corrected chi connectivity index (χ0v) is 9.18. The summed E-state index contributed by atoms with van der Waals surface area (Å²) < 4.78 is 0. The Morgan fingerprint density at radius 1 is 0.786 bits per heavy atom. The van der Waals surface area contributed by atoms with Gasteiger partial charge in [-0.3, -0.25) is 0 Å². The highest BCUT2D eigenvalue weighted by Gasteiger charge is 1.70. The van der Waals surface area contributed by atoms with Gasteiger partial charge in [0.05, 0.1) is 0 Å². The maximum Gasteiger partial charge on any atom is 0.503 e. The number of rotatable bonds is 0. The highest BCUT2D eigenvalue weighted by atomic mass is 16.6. The summed E-state index contributed by atoms with van der Waals surface area (Å²) in [5.41, 5.74) is 0. The first-order chi connectivity index (χ1) is 6.20. The van der Waals surface area contributed by atoms with E-state index in [0.29, 0.717) is 0 Å². The van der Waals surface area contributed by atoms with Crippen LogP contribution < -0.4 is 0 Å². The Morgan fingerprint density at radius 3 is 0.786 bits per heavy atom. The second-order valence-electron chi connectivity index (χ2n) is 2.30. The van der Waals surface area contributed by atoms with Crippen molar-refractivity contribution in [3.63, 3.8) is 0 Å². The molecule has 0 aliphatic heterocycles. The molecule has 0 aliphatic carbocycles. The first kappa shape index (κ1) is 22.9. The van der Waals surface area contributed by atoms with Gasteiger partial charge in [0.25, 0.3) is 0 Å². The Labute approximate surface area is 83.8 Å². The first-order valence-electron chi connectivity index (χ1n) is 4.03. The molecule has 0 saturated heterocycles. The van der Waals surface area contributed by atoms with Gasteiger partial charge in [-0.15, -0.1) is 0 Å². The number of carboxylic acid groups (broad SMARTS) is 4. The summed E-state index contributed by atoms with van der Waals surface area (Å²) >= 11 is 0. The highest BCUT2D eigenvalue weighted by Crippen LogP contribution is 1.81. The molecule has 4 N–H and O–H groups in total. The summed E-state index contributed by atoms with van der Waals surface area (Å²) in [5, 5.41) is 27.9. The molecule has 0 radical (unpaired) electrons. The van der Waals surface area contributed by atoms with Crippen molar-refractivity contribution in [3.8, 4) is 0 Å². The average molecular weight is 212 g/mol. The monoisotopic (exact) mass is 212 g/mol. The van der Waals surface area contributed by atoms with Crippen molar-refractivity contribution in [1.82, 2.24) is 0 Å². The highest BCUT2D eigenvalue weighted by molar-refractivity contribution is 5.53. The van der Waals surface area contributed by atoms with Gasteiger partial charge in [0.1, 0.15) is 0 Å². The van der Waals surface area contributed by atoms with Gasteiger partial charge in [-0.05, 0) is 5.92 Å². The molecule has 14 heavy (non-hydrogen) atoms. The van der Waals surface area contributed by atoms with Gasteiger partial charge in [-0.2, -0.15) is 0 Å². The van der Waals surface area contributed by atoms with Crippen LogP contribution in [-0.2, 0) is 0 Å². The number of hydrogen-bond donors (Lipinski definition) is 4. The van der Waals surface area contributed by atoms with E-state index in [1.54, 1.807) is 0 Å². The molecule has 0 unspecified atom stereocenters. The van der Waals surface area contributed by atoms with Crippen LogP contribution in [-0.4, -0.2) is 32.7 Å². The molecular formula is C8H20O6. The summed E-state index contributed by atoms with van der Waals surface area (Å²) in [6.07, 6.45) is -3.67. The van der Waals surface area contributed by atoms with Crippen molar-refractivity contribution < 1.29 is 30.0 Å². The molecule has 0 aromatic heterocycles. The molecule has 0 heterocycles. The van der Waals surface area contributed by atoms with E-state index >= 15 is 0 Å². The fraction of sp³-hybridized carbons (Fsp3) is 0.750. The van der Waals surface area contributed by atoms with Crippen LogP contribution in [0.4, 0.5) is 9.59 Å². The van der Waals surface area contributed by atoms with Crippen LogP contribution in [0.2, 0.25) is 0 Å². The van der Waals surface area contributed by atoms with E-state index in [-0.39, 0.29) is 0 Å². The Bertz CT molecular complexity index is 98.2. The summed E-state index contributed by atoms with van der Waals surface area (Å²) in [4.78, 5) is 17.1.